The Bertz CT molecular complexity index is 1290. The molecule has 0 bridgehead atoms. The van der Waals surface area contributed by atoms with Gasteiger partial charge in [-0.05, 0) is 67.5 Å². The molecule has 0 unspecified atom stereocenters. The molecule has 3 aromatic rings. The highest BCUT2D eigenvalue weighted by Gasteiger charge is 2.26. The second kappa shape index (κ2) is 11.1. The quantitative estimate of drug-likeness (QED) is 0.395. The number of carbonyl (C=O) groups excluding carboxylic acids is 2. The summed E-state index contributed by atoms with van der Waals surface area (Å²) in [6.07, 6.45) is 0.864. The summed E-state index contributed by atoms with van der Waals surface area (Å²) >= 11 is 1.57. The zero-order valence-electron chi connectivity index (χ0n) is 21.2. The highest BCUT2D eigenvalue weighted by Crippen LogP contribution is 2.33. The van der Waals surface area contributed by atoms with Crippen LogP contribution in [0.15, 0.2) is 41.8 Å². The van der Waals surface area contributed by atoms with Gasteiger partial charge in [0, 0.05) is 54.9 Å². The van der Waals surface area contributed by atoms with Gasteiger partial charge in [-0.15, -0.1) is 11.3 Å². The Hall–Kier alpha value is -3.17. The summed E-state index contributed by atoms with van der Waals surface area (Å²) in [5, 5.41) is 3.13. The molecule has 2 aromatic carbocycles. The number of ether oxygens (including phenoxy) is 2. The van der Waals surface area contributed by atoms with Crippen molar-refractivity contribution >= 4 is 44.9 Å². The summed E-state index contributed by atoms with van der Waals surface area (Å²) in [7, 11) is 0. The maximum absolute atomic E-state index is 14.1. The van der Waals surface area contributed by atoms with Gasteiger partial charge in [-0.1, -0.05) is 12.1 Å². The largest absolute Gasteiger partial charge is 0.510 e. The number of aryl methyl sites for hydroxylation is 1. The number of thiophene rings is 1. The van der Waals surface area contributed by atoms with Crippen LogP contribution in [0.25, 0.3) is 10.1 Å². The van der Waals surface area contributed by atoms with Crippen molar-refractivity contribution in [3.63, 3.8) is 0 Å². The molecular formula is C28H32FN3O4S. The average Bonchev–Trinajstić information content (AvgIpc) is 3.34. The maximum Gasteiger partial charge on any atom is 0.510 e. The number of amides is 1. The van der Waals surface area contributed by atoms with Crippen molar-refractivity contribution in [3.05, 3.63) is 58.7 Å². The van der Waals surface area contributed by atoms with Gasteiger partial charge in [-0.3, -0.25) is 14.6 Å². The van der Waals surface area contributed by atoms with Crippen LogP contribution in [-0.4, -0.2) is 62.5 Å². The zero-order valence-corrected chi connectivity index (χ0v) is 22.1. The summed E-state index contributed by atoms with van der Waals surface area (Å²) in [5.41, 5.74) is 4.00. The molecule has 3 heterocycles. The van der Waals surface area contributed by atoms with Gasteiger partial charge in [0.05, 0.1) is 11.8 Å². The Morgan fingerprint density at radius 3 is 2.65 bits per heavy atom. The standard InChI is InChI=1S/C28H32FN3O4S/c1-19(2)36-28(34)35-18-32-24-15-20(3-4-21(24)5-6-27(32)33)7-9-30-10-12-31(13-11-30)25-16-22(29)17-26-23(25)8-14-37-26/h3-4,8,14-17,19H,5-7,9-13,18H2,1-2H3. The van der Waals surface area contributed by atoms with Gasteiger partial charge >= 0.3 is 6.16 Å². The Labute approximate surface area is 220 Å². The van der Waals surface area contributed by atoms with E-state index in [1.165, 1.54) is 4.90 Å². The van der Waals surface area contributed by atoms with Crippen molar-refractivity contribution in [2.45, 2.75) is 39.2 Å². The molecule has 7 nitrogen and oxygen atoms in total. The van der Waals surface area contributed by atoms with Crippen molar-refractivity contribution in [2.75, 3.05) is 49.3 Å². The summed E-state index contributed by atoms with van der Waals surface area (Å²) in [6, 6.07) is 11.6. The third-order valence-corrected chi connectivity index (χ3v) is 7.80. The average molecular weight is 526 g/mol. The molecule has 2 aliphatic heterocycles. The molecule has 0 spiro atoms. The number of piperazine rings is 1. The lowest BCUT2D eigenvalue weighted by Crippen LogP contribution is -2.47. The fraction of sp³-hybridized carbons (Fsp3) is 0.429. The van der Waals surface area contributed by atoms with E-state index in [4.69, 9.17) is 9.47 Å². The van der Waals surface area contributed by atoms with Crippen molar-refractivity contribution in [1.29, 1.82) is 0 Å². The van der Waals surface area contributed by atoms with Gasteiger partial charge in [-0.25, -0.2) is 9.18 Å². The lowest BCUT2D eigenvalue weighted by Gasteiger charge is -2.36. The molecule has 37 heavy (non-hydrogen) atoms. The normalized spacial score (nSPS) is 16.4. The molecule has 1 fully saturated rings. The van der Waals surface area contributed by atoms with Crippen LogP contribution in [0, 0.1) is 5.82 Å². The first-order valence-electron chi connectivity index (χ1n) is 12.8. The van der Waals surface area contributed by atoms with Gasteiger partial charge in [0.25, 0.3) is 0 Å². The number of fused-ring (bicyclic) bond motifs is 2. The number of carbonyl (C=O) groups is 2. The van der Waals surface area contributed by atoms with E-state index in [2.05, 4.69) is 28.0 Å². The molecule has 1 saturated heterocycles. The third-order valence-electron chi connectivity index (χ3n) is 6.94. The van der Waals surface area contributed by atoms with Crippen LogP contribution in [0.1, 0.15) is 31.4 Å². The Morgan fingerprint density at radius 1 is 1.05 bits per heavy atom. The highest BCUT2D eigenvalue weighted by atomic mass is 32.1. The molecule has 0 radical (unpaired) electrons. The predicted molar refractivity (Wildman–Crippen MR) is 144 cm³/mol. The number of rotatable bonds is 7. The van der Waals surface area contributed by atoms with E-state index in [0.29, 0.717) is 12.8 Å². The molecule has 196 valence electrons. The highest BCUT2D eigenvalue weighted by molar-refractivity contribution is 7.17. The fourth-order valence-electron chi connectivity index (χ4n) is 5.00. The third kappa shape index (κ3) is 5.88. The molecule has 5 rings (SSSR count). The molecule has 9 heteroatoms. The number of hydrogen-bond acceptors (Lipinski definition) is 7. The van der Waals surface area contributed by atoms with E-state index in [9.17, 15) is 14.0 Å². The summed E-state index contributed by atoms with van der Waals surface area (Å²) in [5.74, 6) is -0.246. The molecule has 2 aliphatic rings. The molecule has 1 amide bonds. The van der Waals surface area contributed by atoms with Crippen LogP contribution in [-0.2, 0) is 27.1 Å². The molecule has 0 N–H and O–H groups in total. The Balaban J connectivity index is 1.18. The van der Waals surface area contributed by atoms with E-state index in [-0.39, 0.29) is 24.6 Å². The van der Waals surface area contributed by atoms with E-state index in [0.717, 1.165) is 71.7 Å². The van der Waals surface area contributed by atoms with Crippen molar-refractivity contribution in [2.24, 2.45) is 0 Å². The van der Waals surface area contributed by atoms with Crippen LogP contribution in [0.3, 0.4) is 0 Å². The van der Waals surface area contributed by atoms with E-state index >= 15 is 0 Å². The molecule has 0 saturated carbocycles. The summed E-state index contributed by atoms with van der Waals surface area (Å²) < 4.78 is 25.3. The number of nitrogens with zero attached hydrogens (tertiary/aromatic N) is 3. The lowest BCUT2D eigenvalue weighted by molar-refractivity contribution is -0.119. The zero-order chi connectivity index (χ0) is 25.9. The van der Waals surface area contributed by atoms with Crippen molar-refractivity contribution < 1.29 is 23.5 Å². The van der Waals surface area contributed by atoms with Crippen molar-refractivity contribution in [1.82, 2.24) is 4.90 Å². The number of anilines is 2. The van der Waals surface area contributed by atoms with Crippen molar-refractivity contribution in [3.8, 4) is 0 Å². The van der Waals surface area contributed by atoms with Crippen LogP contribution < -0.4 is 9.80 Å². The second-order valence-electron chi connectivity index (χ2n) is 9.81. The Kier molecular flexibility index (Phi) is 7.62. The molecule has 0 aliphatic carbocycles. The second-order valence-corrected chi connectivity index (χ2v) is 10.8. The van der Waals surface area contributed by atoms with Crippen LogP contribution in [0.4, 0.5) is 20.6 Å². The molecular weight excluding hydrogens is 493 g/mol. The first-order chi connectivity index (χ1) is 17.9. The topological polar surface area (TPSA) is 62.3 Å². The minimum absolute atomic E-state index is 0.0600. The minimum Gasteiger partial charge on any atom is -0.432 e. The van der Waals surface area contributed by atoms with Gasteiger partial charge < -0.3 is 14.4 Å². The van der Waals surface area contributed by atoms with Gasteiger partial charge in [-0.2, -0.15) is 0 Å². The maximum atomic E-state index is 14.1. The predicted octanol–water partition coefficient (Wildman–Crippen LogP) is 5.20. The number of benzene rings is 2. The van der Waals surface area contributed by atoms with E-state index in [1.54, 1.807) is 37.3 Å². The summed E-state index contributed by atoms with van der Waals surface area (Å²) in [6.45, 7) is 7.76. The van der Waals surface area contributed by atoms with Crippen LogP contribution >= 0.6 is 11.3 Å². The van der Waals surface area contributed by atoms with E-state index < -0.39 is 6.16 Å². The van der Waals surface area contributed by atoms with Crippen LogP contribution in [0.5, 0.6) is 0 Å². The Morgan fingerprint density at radius 2 is 1.86 bits per heavy atom. The van der Waals surface area contributed by atoms with Gasteiger partial charge in [0.1, 0.15) is 5.82 Å². The van der Waals surface area contributed by atoms with Crippen LogP contribution in [0.2, 0.25) is 0 Å². The minimum atomic E-state index is -0.775. The molecule has 1 aromatic heterocycles. The SMILES string of the molecule is CC(C)OC(=O)OCN1C(=O)CCc2ccc(CCN3CCN(c4cc(F)cc5sccc45)CC3)cc21. The number of halogens is 1. The van der Waals surface area contributed by atoms with Gasteiger partial charge in [0.2, 0.25) is 5.91 Å². The fourth-order valence-corrected chi connectivity index (χ4v) is 5.84. The van der Waals surface area contributed by atoms with Gasteiger partial charge in [0.15, 0.2) is 6.73 Å². The van der Waals surface area contributed by atoms with E-state index in [1.807, 2.05) is 11.4 Å². The molecule has 0 atom stereocenters. The first-order valence-corrected chi connectivity index (χ1v) is 13.6. The summed E-state index contributed by atoms with van der Waals surface area (Å²) in [4.78, 5) is 30.7. The smallest absolute Gasteiger partial charge is 0.432 e. The monoisotopic (exact) mass is 525 g/mol. The first kappa shape index (κ1) is 25.5. The lowest BCUT2D eigenvalue weighted by atomic mass is 9.98. The number of hydrogen-bond donors (Lipinski definition) is 0.